The van der Waals surface area contributed by atoms with Gasteiger partial charge in [-0.3, -0.25) is 0 Å². The Labute approximate surface area is 91.9 Å². The van der Waals surface area contributed by atoms with Crippen LogP contribution in [0.25, 0.3) is 0 Å². The molecular formula is C12H12F2O2. The lowest BCUT2D eigenvalue weighted by Crippen LogP contribution is -2.31. The van der Waals surface area contributed by atoms with Crippen LogP contribution in [-0.2, 0) is 17.6 Å². The van der Waals surface area contributed by atoms with Gasteiger partial charge < -0.3 is 5.11 Å². The largest absolute Gasteiger partial charge is 0.477 e. The zero-order valence-corrected chi connectivity index (χ0v) is 8.62. The predicted octanol–water partition coefficient (Wildman–Crippen LogP) is 2.51. The molecule has 0 fully saturated rings. The van der Waals surface area contributed by atoms with Gasteiger partial charge in [0, 0.05) is 6.42 Å². The van der Waals surface area contributed by atoms with E-state index in [1.165, 1.54) is 0 Å². The molecule has 0 unspecified atom stereocenters. The number of alkyl halides is 2. The van der Waals surface area contributed by atoms with E-state index in [4.69, 9.17) is 5.11 Å². The monoisotopic (exact) mass is 226 g/mol. The van der Waals surface area contributed by atoms with Crippen molar-refractivity contribution in [3.63, 3.8) is 0 Å². The maximum Gasteiger partial charge on any atom is 0.374 e. The zero-order valence-electron chi connectivity index (χ0n) is 8.62. The van der Waals surface area contributed by atoms with Crippen LogP contribution in [0.2, 0.25) is 0 Å². The second kappa shape index (κ2) is 3.85. The molecule has 1 aromatic carbocycles. The van der Waals surface area contributed by atoms with Gasteiger partial charge in [0.1, 0.15) is 0 Å². The van der Waals surface area contributed by atoms with Crippen LogP contribution in [0, 0.1) is 5.92 Å². The number of carboxylic acid groups (broad SMARTS) is 1. The fourth-order valence-corrected chi connectivity index (χ4v) is 2.24. The van der Waals surface area contributed by atoms with Crippen molar-refractivity contribution in [1.82, 2.24) is 0 Å². The highest BCUT2D eigenvalue weighted by atomic mass is 19.3. The Morgan fingerprint density at radius 1 is 1.31 bits per heavy atom. The van der Waals surface area contributed by atoms with Gasteiger partial charge in [0.25, 0.3) is 0 Å². The first kappa shape index (κ1) is 11.0. The molecule has 1 aliphatic carbocycles. The summed E-state index contributed by atoms with van der Waals surface area (Å²) in [5.74, 6) is -5.89. The van der Waals surface area contributed by atoms with E-state index in [2.05, 4.69) is 0 Å². The van der Waals surface area contributed by atoms with E-state index in [1.54, 1.807) is 0 Å². The number of benzene rings is 1. The number of hydrogen-bond donors (Lipinski definition) is 1. The average molecular weight is 226 g/mol. The molecule has 1 aromatic rings. The Hall–Kier alpha value is -1.45. The molecule has 86 valence electrons. The first-order chi connectivity index (χ1) is 7.49. The van der Waals surface area contributed by atoms with E-state index in [-0.39, 0.29) is 5.92 Å². The van der Waals surface area contributed by atoms with Gasteiger partial charge >= 0.3 is 11.9 Å². The summed E-state index contributed by atoms with van der Waals surface area (Å²) < 4.78 is 26.0. The van der Waals surface area contributed by atoms with E-state index in [0.717, 1.165) is 11.1 Å². The number of carbonyl (C=O) groups is 1. The highest BCUT2D eigenvalue weighted by molar-refractivity contribution is 5.75. The summed E-state index contributed by atoms with van der Waals surface area (Å²) in [5, 5.41) is 8.37. The molecule has 0 aliphatic heterocycles. The van der Waals surface area contributed by atoms with E-state index in [0.29, 0.717) is 12.8 Å². The van der Waals surface area contributed by atoms with Crippen LogP contribution < -0.4 is 0 Å². The standard InChI is InChI=1S/C12H12F2O2/c13-12(14,11(15)16)7-8-5-9-3-1-2-4-10(9)6-8/h1-4,8H,5-7H2,(H,15,16). The summed E-state index contributed by atoms with van der Waals surface area (Å²) in [5.41, 5.74) is 2.13. The highest BCUT2D eigenvalue weighted by Gasteiger charge is 2.42. The molecule has 0 heterocycles. The third-order valence-electron chi connectivity index (χ3n) is 2.99. The molecule has 0 aromatic heterocycles. The van der Waals surface area contributed by atoms with Crippen LogP contribution >= 0.6 is 0 Å². The van der Waals surface area contributed by atoms with Crippen molar-refractivity contribution in [2.45, 2.75) is 25.2 Å². The molecule has 1 aliphatic rings. The smallest absolute Gasteiger partial charge is 0.374 e. The molecule has 0 spiro atoms. The van der Waals surface area contributed by atoms with Crippen molar-refractivity contribution < 1.29 is 18.7 Å². The van der Waals surface area contributed by atoms with Crippen molar-refractivity contribution >= 4 is 5.97 Å². The summed E-state index contributed by atoms with van der Waals surface area (Å²) in [7, 11) is 0. The van der Waals surface area contributed by atoms with Gasteiger partial charge in [0.2, 0.25) is 0 Å². The second-order valence-electron chi connectivity index (χ2n) is 4.26. The summed E-state index contributed by atoms with van der Waals surface area (Å²) in [6.07, 6.45) is 0.537. The Kier molecular flexibility index (Phi) is 2.66. The zero-order chi connectivity index (χ0) is 11.8. The van der Waals surface area contributed by atoms with Crippen LogP contribution in [0.5, 0.6) is 0 Å². The molecule has 0 saturated carbocycles. The van der Waals surface area contributed by atoms with Crippen molar-refractivity contribution in [2.24, 2.45) is 5.92 Å². The molecule has 0 radical (unpaired) electrons. The van der Waals surface area contributed by atoms with Crippen molar-refractivity contribution in [2.75, 3.05) is 0 Å². The molecule has 0 atom stereocenters. The minimum atomic E-state index is -3.60. The number of hydrogen-bond acceptors (Lipinski definition) is 1. The molecule has 2 nitrogen and oxygen atoms in total. The van der Waals surface area contributed by atoms with E-state index >= 15 is 0 Å². The third kappa shape index (κ3) is 2.05. The summed E-state index contributed by atoms with van der Waals surface area (Å²) >= 11 is 0. The van der Waals surface area contributed by atoms with Gasteiger partial charge in [-0.15, -0.1) is 0 Å². The van der Waals surface area contributed by atoms with Crippen molar-refractivity contribution in [1.29, 1.82) is 0 Å². The highest BCUT2D eigenvalue weighted by Crippen LogP contribution is 2.34. The predicted molar refractivity (Wildman–Crippen MR) is 54.5 cm³/mol. The van der Waals surface area contributed by atoms with Crippen molar-refractivity contribution in [3.05, 3.63) is 35.4 Å². The van der Waals surface area contributed by atoms with E-state index in [1.807, 2.05) is 24.3 Å². The average Bonchev–Trinajstić information content (AvgIpc) is 2.58. The SMILES string of the molecule is O=C(O)C(F)(F)CC1Cc2ccccc2C1. The number of rotatable bonds is 3. The normalized spacial score (nSPS) is 16.1. The van der Waals surface area contributed by atoms with Crippen LogP contribution in [0.1, 0.15) is 17.5 Å². The van der Waals surface area contributed by atoms with E-state index < -0.39 is 18.3 Å². The van der Waals surface area contributed by atoms with E-state index in [9.17, 15) is 13.6 Å². The quantitative estimate of drug-likeness (QED) is 0.859. The third-order valence-corrected chi connectivity index (χ3v) is 2.99. The lowest BCUT2D eigenvalue weighted by Gasteiger charge is -2.15. The molecule has 2 rings (SSSR count). The lowest BCUT2D eigenvalue weighted by molar-refractivity contribution is -0.167. The number of halogens is 2. The first-order valence-corrected chi connectivity index (χ1v) is 5.17. The minimum absolute atomic E-state index is 0.261. The Balaban J connectivity index is 2.05. The first-order valence-electron chi connectivity index (χ1n) is 5.17. The number of carboxylic acids is 1. The number of aliphatic carboxylic acids is 1. The number of fused-ring (bicyclic) bond motifs is 1. The van der Waals surface area contributed by atoms with Gasteiger partial charge in [-0.1, -0.05) is 24.3 Å². The van der Waals surface area contributed by atoms with Crippen LogP contribution in [0.4, 0.5) is 8.78 Å². The second-order valence-corrected chi connectivity index (χ2v) is 4.26. The van der Waals surface area contributed by atoms with Gasteiger partial charge in [-0.2, -0.15) is 8.78 Å². The molecular weight excluding hydrogens is 214 g/mol. The van der Waals surface area contributed by atoms with Gasteiger partial charge in [0.15, 0.2) is 0 Å². The Morgan fingerprint density at radius 3 is 2.25 bits per heavy atom. The molecule has 16 heavy (non-hydrogen) atoms. The maximum absolute atomic E-state index is 13.0. The maximum atomic E-state index is 13.0. The molecule has 0 saturated heterocycles. The summed E-state index contributed by atoms with van der Waals surface area (Å²) in [6, 6.07) is 7.57. The summed E-state index contributed by atoms with van der Waals surface area (Å²) in [4.78, 5) is 10.3. The summed E-state index contributed by atoms with van der Waals surface area (Å²) in [6.45, 7) is 0. The lowest BCUT2D eigenvalue weighted by atomic mass is 9.98. The molecule has 0 amide bonds. The molecule has 1 N–H and O–H groups in total. The topological polar surface area (TPSA) is 37.3 Å². The Morgan fingerprint density at radius 2 is 1.81 bits per heavy atom. The van der Waals surface area contributed by atoms with Crippen LogP contribution in [0.3, 0.4) is 0 Å². The van der Waals surface area contributed by atoms with Gasteiger partial charge in [0.05, 0.1) is 0 Å². The van der Waals surface area contributed by atoms with Gasteiger partial charge in [-0.05, 0) is 29.9 Å². The fourth-order valence-electron chi connectivity index (χ4n) is 2.24. The molecule has 0 bridgehead atoms. The fraction of sp³-hybridized carbons (Fsp3) is 0.417. The van der Waals surface area contributed by atoms with Gasteiger partial charge in [-0.25, -0.2) is 4.79 Å². The van der Waals surface area contributed by atoms with Crippen LogP contribution in [0.15, 0.2) is 24.3 Å². The Bertz CT molecular complexity index is 390. The van der Waals surface area contributed by atoms with Crippen molar-refractivity contribution in [3.8, 4) is 0 Å². The van der Waals surface area contributed by atoms with Crippen LogP contribution in [-0.4, -0.2) is 17.0 Å². The minimum Gasteiger partial charge on any atom is -0.477 e. The molecule has 4 heteroatoms.